The zero-order valence-corrected chi connectivity index (χ0v) is 14.2. The van der Waals surface area contributed by atoms with Crippen LogP contribution in [0.5, 0.6) is 0 Å². The van der Waals surface area contributed by atoms with Gasteiger partial charge < -0.3 is 0 Å². The zero-order valence-electron chi connectivity index (χ0n) is 11.3. The molecule has 1 saturated carbocycles. The average molecular weight is 396 g/mol. The molecule has 0 atom stereocenters. The van der Waals surface area contributed by atoms with Gasteiger partial charge in [0.25, 0.3) is 0 Å². The number of carbonyl (C=O) groups is 1. The number of ketones is 1. The van der Waals surface area contributed by atoms with Crippen molar-refractivity contribution in [2.75, 3.05) is 0 Å². The van der Waals surface area contributed by atoms with E-state index in [4.69, 9.17) is 0 Å². The maximum atomic E-state index is 12.4. The van der Waals surface area contributed by atoms with Crippen molar-refractivity contribution in [3.63, 3.8) is 0 Å². The summed E-state index contributed by atoms with van der Waals surface area (Å²) in [6, 6.07) is 10.3. The minimum atomic E-state index is 0.138. The summed E-state index contributed by atoms with van der Waals surface area (Å²) in [5, 5.41) is 1.94. The Kier molecular flexibility index (Phi) is 4.56. The van der Waals surface area contributed by atoms with Crippen molar-refractivity contribution >= 4 is 39.7 Å². The van der Waals surface area contributed by atoms with Gasteiger partial charge in [0.1, 0.15) is 0 Å². The maximum Gasteiger partial charge on any atom is 0.193 e. The van der Waals surface area contributed by atoms with Gasteiger partial charge in [0.15, 0.2) is 5.78 Å². The Balaban J connectivity index is 1.77. The van der Waals surface area contributed by atoms with E-state index in [-0.39, 0.29) is 5.78 Å². The predicted octanol–water partition coefficient (Wildman–Crippen LogP) is 5.63. The van der Waals surface area contributed by atoms with E-state index in [0.29, 0.717) is 5.92 Å². The minimum Gasteiger partial charge on any atom is -0.289 e. The van der Waals surface area contributed by atoms with Gasteiger partial charge in [-0.2, -0.15) is 0 Å². The lowest BCUT2D eigenvalue weighted by Crippen LogP contribution is -2.05. The zero-order chi connectivity index (χ0) is 13.9. The Hall–Kier alpha value is -0.680. The SMILES string of the molecule is O=C(c1ccc(C2CCCCC2)cc1)c1csc(I)c1. The van der Waals surface area contributed by atoms with Gasteiger partial charge in [-0.3, -0.25) is 4.79 Å². The molecule has 0 radical (unpaired) electrons. The van der Waals surface area contributed by atoms with Gasteiger partial charge in [0.05, 0.1) is 2.88 Å². The van der Waals surface area contributed by atoms with Gasteiger partial charge >= 0.3 is 0 Å². The number of hydrogen-bond donors (Lipinski definition) is 0. The second-order valence-electron chi connectivity index (χ2n) is 5.43. The van der Waals surface area contributed by atoms with Crippen LogP contribution in [0.2, 0.25) is 0 Å². The monoisotopic (exact) mass is 396 g/mol. The van der Waals surface area contributed by atoms with Crippen LogP contribution in [0.1, 0.15) is 59.5 Å². The highest BCUT2D eigenvalue weighted by Crippen LogP contribution is 2.32. The largest absolute Gasteiger partial charge is 0.289 e. The molecule has 1 heterocycles. The summed E-state index contributed by atoms with van der Waals surface area (Å²) in [5.74, 6) is 0.842. The third-order valence-electron chi connectivity index (χ3n) is 4.08. The van der Waals surface area contributed by atoms with E-state index >= 15 is 0 Å². The fraction of sp³-hybridized carbons (Fsp3) is 0.353. The van der Waals surface area contributed by atoms with Crippen LogP contribution >= 0.6 is 33.9 Å². The molecule has 20 heavy (non-hydrogen) atoms. The number of rotatable bonds is 3. The summed E-state index contributed by atoms with van der Waals surface area (Å²) < 4.78 is 1.16. The number of halogens is 1. The summed E-state index contributed by atoms with van der Waals surface area (Å²) in [4.78, 5) is 12.4. The Morgan fingerprint density at radius 3 is 2.35 bits per heavy atom. The molecule has 1 aromatic heterocycles. The van der Waals surface area contributed by atoms with E-state index in [1.165, 1.54) is 37.7 Å². The standard InChI is InChI=1S/C17H17IOS/c18-16-10-15(11-20-16)17(19)14-8-6-13(7-9-14)12-4-2-1-3-5-12/h6-12H,1-5H2. The van der Waals surface area contributed by atoms with Crippen molar-refractivity contribution in [1.29, 1.82) is 0 Å². The molecule has 0 amide bonds. The highest BCUT2D eigenvalue weighted by atomic mass is 127. The lowest BCUT2D eigenvalue weighted by atomic mass is 9.84. The molecule has 1 aromatic carbocycles. The molecule has 104 valence electrons. The molecule has 1 aliphatic rings. The first-order chi connectivity index (χ1) is 9.74. The van der Waals surface area contributed by atoms with E-state index in [1.54, 1.807) is 11.3 Å². The second-order valence-corrected chi connectivity index (χ2v) is 8.23. The number of carbonyl (C=O) groups excluding carboxylic acids is 1. The topological polar surface area (TPSA) is 17.1 Å². The molecule has 0 N–H and O–H groups in total. The van der Waals surface area contributed by atoms with E-state index in [0.717, 1.165) is 14.0 Å². The normalized spacial score (nSPS) is 16.2. The quantitative estimate of drug-likeness (QED) is 0.485. The molecule has 0 spiro atoms. The molecule has 1 fully saturated rings. The van der Waals surface area contributed by atoms with Gasteiger partial charge in [-0.05, 0) is 53.0 Å². The maximum absolute atomic E-state index is 12.4. The van der Waals surface area contributed by atoms with Gasteiger partial charge in [0, 0.05) is 16.5 Å². The van der Waals surface area contributed by atoms with Gasteiger partial charge in [-0.1, -0.05) is 43.5 Å². The van der Waals surface area contributed by atoms with Crippen molar-refractivity contribution in [2.45, 2.75) is 38.0 Å². The smallest absolute Gasteiger partial charge is 0.193 e. The van der Waals surface area contributed by atoms with Crippen LogP contribution in [-0.2, 0) is 0 Å². The van der Waals surface area contributed by atoms with Crippen molar-refractivity contribution in [3.05, 3.63) is 55.3 Å². The van der Waals surface area contributed by atoms with Crippen LogP contribution in [0.4, 0.5) is 0 Å². The Labute approximate surface area is 137 Å². The molecule has 3 heteroatoms. The third kappa shape index (κ3) is 3.14. The predicted molar refractivity (Wildman–Crippen MR) is 92.7 cm³/mol. The molecule has 0 aliphatic heterocycles. The van der Waals surface area contributed by atoms with Crippen molar-refractivity contribution in [1.82, 2.24) is 0 Å². The molecule has 0 bridgehead atoms. The first-order valence-electron chi connectivity index (χ1n) is 7.13. The summed E-state index contributed by atoms with van der Waals surface area (Å²) >= 11 is 3.87. The van der Waals surface area contributed by atoms with Crippen molar-refractivity contribution < 1.29 is 4.79 Å². The highest BCUT2D eigenvalue weighted by molar-refractivity contribution is 14.1. The van der Waals surface area contributed by atoms with Gasteiger partial charge in [0.2, 0.25) is 0 Å². The van der Waals surface area contributed by atoms with Gasteiger partial charge in [-0.15, -0.1) is 11.3 Å². The van der Waals surface area contributed by atoms with E-state index in [2.05, 4.69) is 34.7 Å². The molecule has 0 saturated heterocycles. The fourth-order valence-corrected chi connectivity index (χ4v) is 4.26. The van der Waals surface area contributed by atoms with Crippen LogP contribution in [0.25, 0.3) is 0 Å². The van der Waals surface area contributed by atoms with Crippen LogP contribution in [0.3, 0.4) is 0 Å². The number of hydrogen-bond acceptors (Lipinski definition) is 2. The molecule has 1 nitrogen and oxygen atoms in total. The summed E-state index contributed by atoms with van der Waals surface area (Å²) in [5.41, 5.74) is 3.02. The van der Waals surface area contributed by atoms with E-state index in [1.807, 2.05) is 23.6 Å². The first-order valence-corrected chi connectivity index (χ1v) is 9.08. The average Bonchev–Trinajstić information content (AvgIpc) is 2.94. The summed E-state index contributed by atoms with van der Waals surface area (Å²) in [6.45, 7) is 0. The molecular weight excluding hydrogens is 379 g/mol. The number of benzene rings is 1. The minimum absolute atomic E-state index is 0.138. The molecule has 3 rings (SSSR count). The van der Waals surface area contributed by atoms with Crippen LogP contribution in [0, 0.1) is 2.88 Å². The lowest BCUT2D eigenvalue weighted by Gasteiger charge is -2.22. The Morgan fingerprint density at radius 2 is 1.75 bits per heavy atom. The van der Waals surface area contributed by atoms with Crippen molar-refractivity contribution in [3.8, 4) is 0 Å². The van der Waals surface area contributed by atoms with Crippen LogP contribution in [-0.4, -0.2) is 5.78 Å². The summed E-state index contributed by atoms with van der Waals surface area (Å²) in [6.07, 6.45) is 6.67. The summed E-state index contributed by atoms with van der Waals surface area (Å²) in [7, 11) is 0. The fourth-order valence-electron chi connectivity index (χ4n) is 2.94. The molecular formula is C17H17IOS. The van der Waals surface area contributed by atoms with Crippen LogP contribution in [0.15, 0.2) is 35.7 Å². The molecule has 0 unspecified atom stereocenters. The third-order valence-corrected chi connectivity index (χ3v) is 5.87. The second kappa shape index (κ2) is 6.39. The Bertz CT molecular complexity index is 594. The Morgan fingerprint density at radius 1 is 1.05 bits per heavy atom. The van der Waals surface area contributed by atoms with Gasteiger partial charge in [-0.25, -0.2) is 0 Å². The number of thiophene rings is 1. The van der Waals surface area contributed by atoms with E-state index in [9.17, 15) is 4.79 Å². The first kappa shape index (κ1) is 14.3. The highest BCUT2D eigenvalue weighted by Gasteiger charge is 2.16. The molecule has 1 aliphatic carbocycles. The van der Waals surface area contributed by atoms with E-state index < -0.39 is 0 Å². The lowest BCUT2D eigenvalue weighted by molar-refractivity contribution is 0.103. The molecule has 2 aromatic rings. The van der Waals surface area contributed by atoms with Crippen LogP contribution < -0.4 is 0 Å². The van der Waals surface area contributed by atoms with Crippen molar-refractivity contribution in [2.24, 2.45) is 0 Å².